The molecule has 4 heteroatoms. The molecule has 1 aromatic heterocycles. The average molecular weight is 429 g/mol. The summed E-state index contributed by atoms with van der Waals surface area (Å²) in [6, 6.07) is 12.7. The highest BCUT2D eigenvalue weighted by molar-refractivity contribution is 6.30. The molecule has 1 aliphatic carbocycles. The van der Waals surface area contributed by atoms with Crippen LogP contribution in [0.2, 0.25) is 5.02 Å². The molecule has 3 rings (SSSR count). The number of nitrogens with zero attached hydrogens (tertiary/aromatic N) is 2. The molecule has 0 saturated heterocycles. The number of hydrogen-bond donors (Lipinski definition) is 0. The summed E-state index contributed by atoms with van der Waals surface area (Å²) in [6.07, 6.45) is 12.4. The van der Waals surface area contributed by atoms with E-state index in [0.29, 0.717) is 18.5 Å². The SMILES string of the molecule is CCCC[C@H](CC)C(=O)N(Cc1cccn1Cc1cccc(Cl)c1)C1CCCCC1. The fourth-order valence-corrected chi connectivity index (χ4v) is 4.93. The van der Waals surface area contributed by atoms with Gasteiger partial charge in [-0.3, -0.25) is 4.79 Å². The highest BCUT2D eigenvalue weighted by atomic mass is 35.5. The Kier molecular flexibility index (Phi) is 8.87. The molecular weight excluding hydrogens is 392 g/mol. The molecular formula is C26H37ClN2O. The number of hydrogen-bond acceptors (Lipinski definition) is 1. The number of amides is 1. The lowest BCUT2D eigenvalue weighted by Crippen LogP contribution is -2.44. The first-order chi connectivity index (χ1) is 14.6. The second-order valence-electron chi connectivity index (χ2n) is 8.76. The van der Waals surface area contributed by atoms with Crippen molar-refractivity contribution in [1.29, 1.82) is 0 Å². The molecule has 1 aromatic carbocycles. The van der Waals surface area contributed by atoms with E-state index in [1.165, 1.54) is 30.5 Å². The molecule has 1 atom stereocenters. The number of unbranched alkanes of at least 4 members (excludes halogenated alkanes) is 1. The van der Waals surface area contributed by atoms with Crippen LogP contribution in [0.25, 0.3) is 0 Å². The number of carbonyl (C=O) groups is 1. The lowest BCUT2D eigenvalue weighted by Gasteiger charge is -2.37. The molecule has 1 aliphatic rings. The van der Waals surface area contributed by atoms with E-state index in [0.717, 1.165) is 50.1 Å². The van der Waals surface area contributed by atoms with Crippen LogP contribution in [0.15, 0.2) is 42.6 Å². The summed E-state index contributed by atoms with van der Waals surface area (Å²) >= 11 is 6.18. The van der Waals surface area contributed by atoms with E-state index in [4.69, 9.17) is 11.6 Å². The fraction of sp³-hybridized carbons (Fsp3) is 0.577. The monoisotopic (exact) mass is 428 g/mol. The van der Waals surface area contributed by atoms with Crippen molar-refractivity contribution in [3.8, 4) is 0 Å². The van der Waals surface area contributed by atoms with Crippen LogP contribution < -0.4 is 0 Å². The molecule has 2 aromatic rings. The van der Waals surface area contributed by atoms with Crippen molar-refractivity contribution in [2.75, 3.05) is 0 Å². The van der Waals surface area contributed by atoms with Gasteiger partial charge in [0.1, 0.15) is 0 Å². The largest absolute Gasteiger partial charge is 0.345 e. The van der Waals surface area contributed by atoms with Crippen molar-refractivity contribution >= 4 is 17.5 Å². The van der Waals surface area contributed by atoms with Crippen molar-refractivity contribution in [3.05, 3.63) is 58.9 Å². The van der Waals surface area contributed by atoms with E-state index in [9.17, 15) is 4.79 Å². The minimum absolute atomic E-state index is 0.156. The Morgan fingerprint density at radius 3 is 2.67 bits per heavy atom. The summed E-state index contributed by atoms with van der Waals surface area (Å²) in [5.41, 5.74) is 2.39. The zero-order valence-electron chi connectivity index (χ0n) is 18.7. The third kappa shape index (κ3) is 6.14. The van der Waals surface area contributed by atoms with E-state index >= 15 is 0 Å². The first-order valence-electron chi connectivity index (χ1n) is 11.8. The maximum absolute atomic E-state index is 13.6. The van der Waals surface area contributed by atoms with Crippen LogP contribution in [0.1, 0.15) is 82.9 Å². The van der Waals surface area contributed by atoms with Gasteiger partial charge in [-0.15, -0.1) is 0 Å². The number of halogens is 1. The molecule has 0 spiro atoms. The number of benzene rings is 1. The zero-order valence-corrected chi connectivity index (χ0v) is 19.4. The van der Waals surface area contributed by atoms with Gasteiger partial charge in [-0.05, 0) is 55.5 Å². The topological polar surface area (TPSA) is 25.2 Å². The predicted octanol–water partition coefficient (Wildman–Crippen LogP) is 7.07. The molecule has 0 unspecified atom stereocenters. The summed E-state index contributed by atoms with van der Waals surface area (Å²) in [7, 11) is 0. The molecule has 30 heavy (non-hydrogen) atoms. The standard InChI is InChI=1S/C26H37ClN2O/c1-3-5-12-22(4-2)26(30)29(24-14-7-6-8-15-24)20-25-16-10-17-28(25)19-21-11-9-13-23(27)18-21/h9-11,13,16-18,22,24H,3-8,12,14-15,19-20H2,1-2H3/t22-/m0/s1. The Bertz CT molecular complexity index is 794. The van der Waals surface area contributed by atoms with Crippen LogP contribution in [0.4, 0.5) is 0 Å². The average Bonchev–Trinajstić information content (AvgIpc) is 3.19. The van der Waals surface area contributed by atoms with Crippen LogP contribution in [0.3, 0.4) is 0 Å². The molecule has 1 amide bonds. The summed E-state index contributed by atoms with van der Waals surface area (Å²) in [5, 5.41) is 0.766. The van der Waals surface area contributed by atoms with Gasteiger partial charge < -0.3 is 9.47 Å². The molecule has 0 bridgehead atoms. The van der Waals surface area contributed by atoms with Crippen LogP contribution in [0.5, 0.6) is 0 Å². The van der Waals surface area contributed by atoms with Crippen molar-refractivity contribution in [2.45, 2.75) is 90.8 Å². The molecule has 0 N–H and O–H groups in total. The van der Waals surface area contributed by atoms with Crippen LogP contribution in [-0.2, 0) is 17.9 Å². The van der Waals surface area contributed by atoms with Crippen molar-refractivity contribution < 1.29 is 4.79 Å². The maximum Gasteiger partial charge on any atom is 0.226 e. The van der Waals surface area contributed by atoms with Crippen LogP contribution in [0, 0.1) is 5.92 Å². The summed E-state index contributed by atoms with van der Waals surface area (Å²) in [5.74, 6) is 0.525. The van der Waals surface area contributed by atoms with Gasteiger partial charge in [0.15, 0.2) is 0 Å². The van der Waals surface area contributed by atoms with E-state index in [2.05, 4.69) is 47.7 Å². The quantitative estimate of drug-likeness (QED) is 0.397. The van der Waals surface area contributed by atoms with E-state index in [1.807, 2.05) is 18.2 Å². The van der Waals surface area contributed by atoms with E-state index in [-0.39, 0.29) is 5.92 Å². The smallest absolute Gasteiger partial charge is 0.226 e. The third-order valence-corrected chi connectivity index (χ3v) is 6.78. The zero-order chi connectivity index (χ0) is 21.3. The van der Waals surface area contributed by atoms with Crippen molar-refractivity contribution in [1.82, 2.24) is 9.47 Å². The van der Waals surface area contributed by atoms with Crippen LogP contribution >= 0.6 is 11.6 Å². The Labute approximate surface area is 187 Å². The second kappa shape index (κ2) is 11.6. The number of rotatable bonds is 10. The molecule has 0 aliphatic heterocycles. The molecule has 3 nitrogen and oxygen atoms in total. The number of carbonyl (C=O) groups excluding carboxylic acids is 1. The normalized spacial score (nSPS) is 15.8. The predicted molar refractivity (Wildman–Crippen MR) is 126 cm³/mol. The molecule has 0 radical (unpaired) electrons. The molecule has 1 fully saturated rings. The van der Waals surface area contributed by atoms with Gasteiger partial charge in [-0.2, -0.15) is 0 Å². The van der Waals surface area contributed by atoms with E-state index < -0.39 is 0 Å². The molecule has 164 valence electrons. The third-order valence-electron chi connectivity index (χ3n) is 6.54. The van der Waals surface area contributed by atoms with Gasteiger partial charge in [0.05, 0.1) is 6.54 Å². The lowest BCUT2D eigenvalue weighted by molar-refractivity contribution is -0.140. The van der Waals surface area contributed by atoms with Gasteiger partial charge in [0.2, 0.25) is 5.91 Å². The minimum atomic E-state index is 0.156. The summed E-state index contributed by atoms with van der Waals surface area (Å²) < 4.78 is 2.27. The first kappa shape index (κ1) is 22.9. The second-order valence-corrected chi connectivity index (χ2v) is 9.20. The number of aromatic nitrogens is 1. The maximum atomic E-state index is 13.6. The van der Waals surface area contributed by atoms with Gasteiger partial charge in [0.25, 0.3) is 0 Å². The molecule has 1 saturated carbocycles. The highest BCUT2D eigenvalue weighted by Gasteiger charge is 2.30. The Morgan fingerprint density at radius 2 is 1.97 bits per heavy atom. The van der Waals surface area contributed by atoms with Crippen molar-refractivity contribution in [2.24, 2.45) is 5.92 Å². The van der Waals surface area contributed by atoms with E-state index in [1.54, 1.807) is 0 Å². The van der Waals surface area contributed by atoms with Crippen molar-refractivity contribution in [3.63, 3.8) is 0 Å². The van der Waals surface area contributed by atoms with Gasteiger partial charge >= 0.3 is 0 Å². The Balaban J connectivity index is 1.79. The first-order valence-corrected chi connectivity index (χ1v) is 12.2. The fourth-order valence-electron chi connectivity index (χ4n) is 4.72. The molecule has 1 heterocycles. The Morgan fingerprint density at radius 1 is 1.17 bits per heavy atom. The minimum Gasteiger partial charge on any atom is -0.345 e. The van der Waals surface area contributed by atoms with Gasteiger partial charge in [-0.1, -0.05) is 69.7 Å². The highest BCUT2D eigenvalue weighted by Crippen LogP contribution is 2.28. The lowest BCUT2D eigenvalue weighted by atomic mass is 9.91. The summed E-state index contributed by atoms with van der Waals surface area (Å²) in [4.78, 5) is 15.8. The van der Waals surface area contributed by atoms with Crippen LogP contribution in [-0.4, -0.2) is 21.4 Å². The van der Waals surface area contributed by atoms with Gasteiger partial charge in [-0.25, -0.2) is 0 Å². The summed E-state index contributed by atoms with van der Waals surface area (Å²) in [6.45, 7) is 5.86. The Hall–Kier alpha value is -1.74. The van der Waals surface area contributed by atoms with Gasteiger partial charge in [0, 0.05) is 35.4 Å².